The molecule has 1 N–H and O–H groups in total. The molecule has 4 aromatic rings. The second-order valence-electron chi connectivity index (χ2n) is 5.94. The third kappa shape index (κ3) is 3.30. The van der Waals surface area contributed by atoms with Crippen molar-refractivity contribution in [2.75, 3.05) is 7.05 Å². The molecule has 3 aromatic heterocycles. The lowest BCUT2D eigenvalue weighted by atomic mass is 9.98. The summed E-state index contributed by atoms with van der Waals surface area (Å²) < 4.78 is 26.5. The number of nitrogens with zero attached hydrogens (tertiary/aromatic N) is 3. The smallest absolute Gasteiger partial charge is 0.241 e. The van der Waals surface area contributed by atoms with Gasteiger partial charge < -0.3 is 0 Å². The summed E-state index contributed by atoms with van der Waals surface area (Å²) in [6.45, 7) is 0. The van der Waals surface area contributed by atoms with E-state index >= 15 is 0 Å². The number of hydrogen-bond donors (Lipinski definition) is 1. The summed E-state index contributed by atoms with van der Waals surface area (Å²) >= 11 is 0. The molecule has 6 nitrogen and oxygen atoms in total. The summed E-state index contributed by atoms with van der Waals surface area (Å²) in [5, 5.41) is 0.975. The number of pyridine rings is 3. The number of rotatable bonds is 4. The van der Waals surface area contributed by atoms with E-state index in [1.807, 2.05) is 36.4 Å². The van der Waals surface area contributed by atoms with Crippen LogP contribution in [0.15, 0.2) is 78.3 Å². The van der Waals surface area contributed by atoms with Crippen molar-refractivity contribution in [3.05, 3.63) is 73.4 Å². The van der Waals surface area contributed by atoms with Crippen LogP contribution in [-0.4, -0.2) is 30.4 Å². The average Bonchev–Trinajstić information content (AvgIpc) is 2.73. The van der Waals surface area contributed by atoms with Gasteiger partial charge in [-0.1, -0.05) is 6.07 Å². The lowest BCUT2D eigenvalue weighted by molar-refractivity contribution is 0.588. The molecule has 0 aliphatic heterocycles. The largest absolute Gasteiger partial charge is 0.265 e. The maximum Gasteiger partial charge on any atom is 0.241 e. The quantitative estimate of drug-likeness (QED) is 0.591. The molecule has 134 valence electrons. The van der Waals surface area contributed by atoms with E-state index in [2.05, 4.69) is 19.7 Å². The lowest BCUT2D eigenvalue weighted by Crippen LogP contribution is -2.18. The first-order chi connectivity index (χ1) is 13.1. The number of sulfonamides is 1. The summed E-state index contributed by atoms with van der Waals surface area (Å²) in [6, 6.07) is 13.3. The third-order valence-corrected chi connectivity index (χ3v) is 5.74. The van der Waals surface area contributed by atoms with Crippen LogP contribution >= 0.6 is 0 Å². The van der Waals surface area contributed by atoms with Crippen molar-refractivity contribution in [3.8, 4) is 22.3 Å². The summed E-state index contributed by atoms with van der Waals surface area (Å²) in [5.41, 5.74) is 4.53. The SMILES string of the molecule is CNS(=O)(=O)c1cncc(-c2ccc3nccc(-c4ccncc4)c3c2)c1. The summed E-state index contributed by atoms with van der Waals surface area (Å²) in [4.78, 5) is 12.7. The fourth-order valence-corrected chi connectivity index (χ4v) is 3.67. The van der Waals surface area contributed by atoms with Crippen LogP contribution in [0.5, 0.6) is 0 Å². The van der Waals surface area contributed by atoms with Crippen LogP contribution in [0, 0.1) is 0 Å². The Hall–Kier alpha value is -3.16. The molecule has 0 radical (unpaired) electrons. The van der Waals surface area contributed by atoms with Crippen molar-refractivity contribution in [1.82, 2.24) is 19.7 Å². The van der Waals surface area contributed by atoms with Gasteiger partial charge in [-0.2, -0.15) is 0 Å². The van der Waals surface area contributed by atoms with Crippen LogP contribution in [0.1, 0.15) is 0 Å². The number of aromatic nitrogens is 3. The van der Waals surface area contributed by atoms with Crippen LogP contribution in [0.2, 0.25) is 0 Å². The zero-order valence-electron chi connectivity index (χ0n) is 14.5. The van der Waals surface area contributed by atoms with Gasteiger partial charge in [-0.15, -0.1) is 0 Å². The molecule has 3 heterocycles. The van der Waals surface area contributed by atoms with Gasteiger partial charge in [0.05, 0.1) is 5.52 Å². The van der Waals surface area contributed by atoms with Crippen molar-refractivity contribution in [2.24, 2.45) is 0 Å². The maximum absolute atomic E-state index is 12.1. The molecule has 27 heavy (non-hydrogen) atoms. The van der Waals surface area contributed by atoms with Crippen LogP contribution in [0.25, 0.3) is 33.2 Å². The Labute approximate surface area is 157 Å². The molecule has 0 amide bonds. The van der Waals surface area contributed by atoms with E-state index in [4.69, 9.17) is 0 Å². The first-order valence-electron chi connectivity index (χ1n) is 8.26. The molecule has 0 saturated heterocycles. The van der Waals surface area contributed by atoms with Crippen LogP contribution in [-0.2, 0) is 10.0 Å². The van der Waals surface area contributed by atoms with E-state index in [0.717, 1.165) is 33.2 Å². The van der Waals surface area contributed by atoms with Gasteiger partial charge in [0.15, 0.2) is 0 Å². The molecule has 0 bridgehead atoms. The van der Waals surface area contributed by atoms with Gasteiger partial charge in [0.2, 0.25) is 10.0 Å². The molecule has 1 aromatic carbocycles. The van der Waals surface area contributed by atoms with Crippen LogP contribution < -0.4 is 4.72 Å². The second-order valence-corrected chi connectivity index (χ2v) is 7.83. The number of hydrogen-bond acceptors (Lipinski definition) is 5. The van der Waals surface area contributed by atoms with Crippen LogP contribution in [0.4, 0.5) is 0 Å². The first kappa shape index (κ1) is 17.3. The van der Waals surface area contributed by atoms with Gasteiger partial charge in [0.1, 0.15) is 4.90 Å². The molecular weight excluding hydrogens is 360 g/mol. The highest BCUT2D eigenvalue weighted by Gasteiger charge is 2.13. The Morgan fingerprint density at radius 1 is 0.815 bits per heavy atom. The monoisotopic (exact) mass is 376 g/mol. The van der Waals surface area contributed by atoms with Gasteiger partial charge >= 0.3 is 0 Å². The van der Waals surface area contributed by atoms with Crippen LogP contribution in [0.3, 0.4) is 0 Å². The molecule has 0 aliphatic carbocycles. The van der Waals surface area contributed by atoms with E-state index in [0.29, 0.717) is 0 Å². The highest BCUT2D eigenvalue weighted by Crippen LogP contribution is 2.31. The van der Waals surface area contributed by atoms with Gasteiger partial charge in [-0.05, 0) is 60.1 Å². The normalized spacial score (nSPS) is 11.6. The van der Waals surface area contributed by atoms with E-state index in [1.54, 1.807) is 30.9 Å². The first-order valence-corrected chi connectivity index (χ1v) is 9.75. The Morgan fingerprint density at radius 2 is 1.63 bits per heavy atom. The molecular formula is C20H16N4O2S. The Morgan fingerprint density at radius 3 is 2.41 bits per heavy atom. The zero-order chi connectivity index (χ0) is 18.9. The van der Waals surface area contributed by atoms with Crippen molar-refractivity contribution < 1.29 is 8.42 Å². The predicted molar refractivity (Wildman–Crippen MR) is 104 cm³/mol. The minimum atomic E-state index is -3.55. The van der Waals surface area contributed by atoms with Gasteiger partial charge in [0, 0.05) is 41.9 Å². The topological polar surface area (TPSA) is 84.8 Å². The Kier molecular flexibility index (Phi) is 4.39. The number of benzene rings is 1. The molecule has 0 atom stereocenters. The van der Waals surface area contributed by atoms with E-state index in [-0.39, 0.29) is 4.90 Å². The maximum atomic E-state index is 12.1. The van der Waals surface area contributed by atoms with Gasteiger partial charge in [-0.3, -0.25) is 15.0 Å². The third-order valence-electron chi connectivity index (χ3n) is 4.36. The molecule has 0 unspecified atom stereocenters. The van der Waals surface area contributed by atoms with Gasteiger partial charge in [0.25, 0.3) is 0 Å². The minimum Gasteiger partial charge on any atom is -0.265 e. The van der Waals surface area contributed by atoms with Crippen molar-refractivity contribution >= 4 is 20.9 Å². The Bertz CT molecular complexity index is 1230. The van der Waals surface area contributed by atoms with E-state index < -0.39 is 10.0 Å². The average molecular weight is 376 g/mol. The highest BCUT2D eigenvalue weighted by molar-refractivity contribution is 7.89. The highest BCUT2D eigenvalue weighted by atomic mass is 32.2. The predicted octanol–water partition coefficient (Wildman–Crippen LogP) is 3.27. The second kappa shape index (κ2) is 6.86. The molecule has 0 aliphatic rings. The molecule has 0 spiro atoms. The molecule has 0 fully saturated rings. The fraction of sp³-hybridized carbons (Fsp3) is 0.0500. The molecule has 0 saturated carbocycles. The number of fused-ring (bicyclic) bond motifs is 1. The van der Waals surface area contributed by atoms with Crippen molar-refractivity contribution in [1.29, 1.82) is 0 Å². The van der Waals surface area contributed by atoms with E-state index in [1.165, 1.54) is 13.2 Å². The van der Waals surface area contributed by atoms with Crippen molar-refractivity contribution in [3.63, 3.8) is 0 Å². The van der Waals surface area contributed by atoms with Gasteiger partial charge in [-0.25, -0.2) is 13.1 Å². The summed E-state index contributed by atoms with van der Waals surface area (Å²) in [6.07, 6.45) is 8.26. The lowest BCUT2D eigenvalue weighted by Gasteiger charge is -2.09. The zero-order valence-corrected chi connectivity index (χ0v) is 15.3. The molecule has 4 rings (SSSR count). The molecule has 7 heteroatoms. The standard InChI is InChI=1S/C20H16N4O2S/c1-21-27(25,26)17-10-16(12-23-13-17)15-2-3-20-19(11-15)18(6-9-24-20)14-4-7-22-8-5-14/h2-13,21H,1H3. The summed E-state index contributed by atoms with van der Waals surface area (Å²) in [5.74, 6) is 0. The fourth-order valence-electron chi connectivity index (χ4n) is 2.95. The minimum absolute atomic E-state index is 0.128. The Balaban J connectivity index is 1.89. The van der Waals surface area contributed by atoms with Crippen molar-refractivity contribution in [2.45, 2.75) is 4.90 Å². The number of nitrogens with one attached hydrogen (secondary N) is 1. The van der Waals surface area contributed by atoms with E-state index in [9.17, 15) is 8.42 Å². The summed E-state index contributed by atoms with van der Waals surface area (Å²) in [7, 11) is -2.17.